The van der Waals surface area contributed by atoms with Crippen LogP contribution in [0.25, 0.3) is 0 Å². The molecule has 0 saturated heterocycles. The van der Waals surface area contributed by atoms with Gasteiger partial charge in [-0.25, -0.2) is 4.79 Å². The lowest BCUT2D eigenvalue weighted by Crippen LogP contribution is -2.08. The van der Waals surface area contributed by atoms with Crippen LogP contribution in [0.4, 0.5) is 0 Å². The second-order valence-electron chi connectivity index (χ2n) is 2.79. The lowest BCUT2D eigenvalue weighted by Gasteiger charge is -2.05. The SMILES string of the molecule is CCOOC(=O)c1ccccc1CC. The van der Waals surface area contributed by atoms with Crippen LogP contribution in [0.3, 0.4) is 0 Å². The Labute approximate surface area is 83.6 Å². The second kappa shape index (κ2) is 5.40. The van der Waals surface area contributed by atoms with Crippen molar-refractivity contribution in [2.75, 3.05) is 6.61 Å². The van der Waals surface area contributed by atoms with Crippen LogP contribution in [0.2, 0.25) is 0 Å². The number of carbonyl (C=O) groups excluding carboxylic acids is 1. The fourth-order valence-electron chi connectivity index (χ4n) is 1.19. The summed E-state index contributed by atoms with van der Waals surface area (Å²) in [5, 5.41) is 0. The summed E-state index contributed by atoms with van der Waals surface area (Å²) >= 11 is 0. The summed E-state index contributed by atoms with van der Waals surface area (Å²) in [5.41, 5.74) is 1.54. The summed E-state index contributed by atoms with van der Waals surface area (Å²) in [5.74, 6) is -0.427. The summed E-state index contributed by atoms with van der Waals surface area (Å²) < 4.78 is 0. The van der Waals surface area contributed by atoms with Crippen molar-refractivity contribution in [1.82, 2.24) is 0 Å². The highest BCUT2D eigenvalue weighted by molar-refractivity contribution is 5.90. The van der Waals surface area contributed by atoms with Gasteiger partial charge in [0.05, 0.1) is 12.2 Å². The van der Waals surface area contributed by atoms with Crippen LogP contribution in [-0.2, 0) is 16.2 Å². The summed E-state index contributed by atoms with van der Waals surface area (Å²) in [4.78, 5) is 20.6. The maximum absolute atomic E-state index is 11.4. The van der Waals surface area contributed by atoms with Gasteiger partial charge in [-0.3, -0.25) is 4.89 Å². The molecule has 1 aromatic carbocycles. The predicted molar refractivity (Wildman–Crippen MR) is 52.9 cm³/mol. The summed E-state index contributed by atoms with van der Waals surface area (Å²) in [6, 6.07) is 7.35. The third kappa shape index (κ3) is 2.57. The van der Waals surface area contributed by atoms with Crippen molar-refractivity contribution < 1.29 is 14.6 Å². The van der Waals surface area contributed by atoms with E-state index < -0.39 is 5.97 Å². The molecule has 0 fully saturated rings. The van der Waals surface area contributed by atoms with Crippen LogP contribution >= 0.6 is 0 Å². The Balaban J connectivity index is 2.78. The molecule has 0 N–H and O–H groups in total. The summed E-state index contributed by atoms with van der Waals surface area (Å²) in [6.07, 6.45) is 0.803. The van der Waals surface area contributed by atoms with E-state index in [1.165, 1.54) is 0 Å². The first-order chi connectivity index (χ1) is 6.79. The Morgan fingerprint density at radius 3 is 2.64 bits per heavy atom. The van der Waals surface area contributed by atoms with Gasteiger partial charge in [0, 0.05) is 0 Å². The fourth-order valence-corrected chi connectivity index (χ4v) is 1.19. The second-order valence-corrected chi connectivity index (χ2v) is 2.79. The van der Waals surface area contributed by atoms with Crippen molar-refractivity contribution >= 4 is 5.97 Å². The molecule has 0 aliphatic carbocycles. The van der Waals surface area contributed by atoms with Gasteiger partial charge in [-0.15, -0.1) is 0 Å². The number of hydrogen-bond acceptors (Lipinski definition) is 3. The first-order valence-electron chi connectivity index (χ1n) is 4.71. The van der Waals surface area contributed by atoms with Gasteiger partial charge in [0.15, 0.2) is 0 Å². The third-order valence-electron chi connectivity index (χ3n) is 1.87. The smallest absolute Gasteiger partial charge is 0.293 e. The van der Waals surface area contributed by atoms with Crippen molar-refractivity contribution in [2.24, 2.45) is 0 Å². The van der Waals surface area contributed by atoms with E-state index in [-0.39, 0.29) is 0 Å². The van der Waals surface area contributed by atoms with Crippen molar-refractivity contribution in [3.8, 4) is 0 Å². The van der Waals surface area contributed by atoms with Crippen LogP contribution < -0.4 is 0 Å². The molecule has 0 spiro atoms. The molecule has 3 nitrogen and oxygen atoms in total. The summed E-state index contributed by atoms with van der Waals surface area (Å²) in [6.45, 7) is 4.12. The lowest BCUT2D eigenvalue weighted by molar-refractivity contribution is -0.236. The molecule has 0 aliphatic rings. The van der Waals surface area contributed by atoms with Gasteiger partial charge in [-0.1, -0.05) is 25.1 Å². The molecule has 0 heterocycles. The number of rotatable bonds is 4. The highest BCUT2D eigenvalue weighted by Crippen LogP contribution is 2.10. The maximum Gasteiger partial charge on any atom is 0.373 e. The largest absolute Gasteiger partial charge is 0.373 e. The van der Waals surface area contributed by atoms with Crippen LogP contribution in [-0.4, -0.2) is 12.6 Å². The zero-order valence-electron chi connectivity index (χ0n) is 8.45. The molecule has 0 saturated carbocycles. The molecule has 1 rings (SSSR count). The third-order valence-corrected chi connectivity index (χ3v) is 1.87. The van der Waals surface area contributed by atoms with E-state index in [9.17, 15) is 4.79 Å². The van der Waals surface area contributed by atoms with Crippen molar-refractivity contribution in [1.29, 1.82) is 0 Å². The zero-order valence-corrected chi connectivity index (χ0v) is 8.45. The molecular formula is C11H14O3. The monoisotopic (exact) mass is 194 g/mol. The van der Waals surface area contributed by atoms with Gasteiger partial charge in [0.25, 0.3) is 0 Å². The van der Waals surface area contributed by atoms with Gasteiger partial charge in [0.1, 0.15) is 0 Å². The van der Waals surface area contributed by atoms with E-state index in [1.54, 1.807) is 13.0 Å². The van der Waals surface area contributed by atoms with E-state index in [0.717, 1.165) is 12.0 Å². The molecule has 0 atom stereocenters. The number of aryl methyl sites for hydroxylation is 1. The average Bonchev–Trinajstić information content (AvgIpc) is 2.25. The van der Waals surface area contributed by atoms with E-state index in [0.29, 0.717) is 12.2 Å². The topological polar surface area (TPSA) is 35.5 Å². The Hall–Kier alpha value is -1.35. The van der Waals surface area contributed by atoms with E-state index in [1.807, 2.05) is 25.1 Å². The zero-order chi connectivity index (χ0) is 10.4. The Bertz CT molecular complexity index is 307. The van der Waals surface area contributed by atoms with Gasteiger partial charge < -0.3 is 0 Å². The minimum atomic E-state index is -0.427. The molecular weight excluding hydrogens is 180 g/mol. The minimum absolute atomic E-state index is 0.361. The maximum atomic E-state index is 11.4. The van der Waals surface area contributed by atoms with Crippen LogP contribution in [0.5, 0.6) is 0 Å². The molecule has 0 radical (unpaired) electrons. The van der Waals surface area contributed by atoms with Gasteiger partial charge in [0.2, 0.25) is 0 Å². The minimum Gasteiger partial charge on any atom is -0.293 e. The van der Waals surface area contributed by atoms with Crippen molar-refractivity contribution in [2.45, 2.75) is 20.3 Å². The molecule has 0 aliphatic heterocycles. The van der Waals surface area contributed by atoms with Crippen LogP contribution in [0, 0.1) is 0 Å². The molecule has 14 heavy (non-hydrogen) atoms. The molecule has 0 aromatic heterocycles. The Morgan fingerprint density at radius 1 is 1.29 bits per heavy atom. The lowest BCUT2D eigenvalue weighted by atomic mass is 10.1. The normalized spacial score (nSPS) is 9.86. The number of benzene rings is 1. The molecule has 0 unspecified atom stereocenters. The van der Waals surface area contributed by atoms with E-state index >= 15 is 0 Å². The van der Waals surface area contributed by atoms with Gasteiger partial charge >= 0.3 is 5.97 Å². The van der Waals surface area contributed by atoms with Gasteiger partial charge in [-0.05, 0) is 25.0 Å². The van der Waals surface area contributed by atoms with Crippen molar-refractivity contribution in [3.63, 3.8) is 0 Å². The summed E-state index contributed by atoms with van der Waals surface area (Å²) in [7, 11) is 0. The Morgan fingerprint density at radius 2 is 2.00 bits per heavy atom. The van der Waals surface area contributed by atoms with Crippen LogP contribution in [0.15, 0.2) is 24.3 Å². The van der Waals surface area contributed by atoms with E-state index in [2.05, 4.69) is 9.78 Å². The molecule has 0 bridgehead atoms. The Kier molecular flexibility index (Phi) is 4.13. The molecule has 76 valence electrons. The average molecular weight is 194 g/mol. The standard InChI is InChI=1S/C11H14O3/c1-3-9-7-5-6-8-10(9)11(12)14-13-4-2/h5-8H,3-4H2,1-2H3. The highest BCUT2D eigenvalue weighted by atomic mass is 17.2. The van der Waals surface area contributed by atoms with E-state index in [4.69, 9.17) is 0 Å². The van der Waals surface area contributed by atoms with Crippen LogP contribution in [0.1, 0.15) is 29.8 Å². The molecule has 0 amide bonds. The predicted octanol–water partition coefficient (Wildman–Crippen LogP) is 2.36. The first kappa shape index (κ1) is 10.7. The number of hydrogen-bond donors (Lipinski definition) is 0. The van der Waals surface area contributed by atoms with Gasteiger partial charge in [-0.2, -0.15) is 4.89 Å². The first-order valence-corrected chi connectivity index (χ1v) is 4.71. The molecule has 3 heteroatoms. The number of carbonyl (C=O) groups is 1. The highest BCUT2D eigenvalue weighted by Gasteiger charge is 2.11. The quantitative estimate of drug-likeness (QED) is 0.545. The van der Waals surface area contributed by atoms with Crippen molar-refractivity contribution in [3.05, 3.63) is 35.4 Å². The molecule has 1 aromatic rings. The fraction of sp³-hybridized carbons (Fsp3) is 0.364.